The van der Waals surface area contributed by atoms with Crippen molar-refractivity contribution in [3.63, 3.8) is 0 Å². The molecule has 0 unspecified atom stereocenters. The Morgan fingerprint density at radius 2 is 1.87 bits per heavy atom. The maximum absolute atomic E-state index is 13.3. The fourth-order valence-electron chi connectivity index (χ4n) is 1.29. The van der Waals surface area contributed by atoms with Gasteiger partial charge in [-0.25, -0.2) is 12.8 Å². The quantitative estimate of drug-likeness (QED) is 0.774. The molecule has 0 radical (unpaired) electrons. The summed E-state index contributed by atoms with van der Waals surface area (Å²) in [6, 6.07) is 1.16. The highest BCUT2D eigenvalue weighted by molar-refractivity contribution is 8.13. The van der Waals surface area contributed by atoms with Crippen LogP contribution >= 0.6 is 22.3 Å². The molecule has 0 aromatic heterocycles. The third kappa shape index (κ3) is 3.06. The van der Waals surface area contributed by atoms with E-state index in [-0.39, 0.29) is 10.6 Å². The van der Waals surface area contributed by atoms with Crippen LogP contribution in [0.4, 0.5) is 4.39 Å². The van der Waals surface area contributed by atoms with E-state index in [1.165, 1.54) is 6.92 Å². The molecule has 2 nitrogen and oxygen atoms in total. The van der Waals surface area contributed by atoms with Gasteiger partial charge in [0.05, 0.1) is 5.75 Å². The van der Waals surface area contributed by atoms with E-state index in [9.17, 15) is 12.8 Å². The summed E-state index contributed by atoms with van der Waals surface area (Å²) in [5.41, 5.74) is 1.14. The van der Waals surface area contributed by atoms with Crippen molar-refractivity contribution < 1.29 is 12.8 Å². The average molecular weight is 271 g/mol. The molecular formula is C9H9Cl2FO2S. The van der Waals surface area contributed by atoms with E-state index >= 15 is 0 Å². The molecule has 0 saturated heterocycles. The molecule has 0 aliphatic heterocycles. The molecule has 0 bridgehead atoms. The maximum atomic E-state index is 13.3. The SMILES string of the molecule is Cc1c(F)cc(Cl)c(C)c1CS(=O)(=O)Cl. The fourth-order valence-corrected chi connectivity index (χ4v) is 2.60. The standard InChI is InChI=1S/C9H9Cl2FO2S/c1-5-7(4-15(11,13)14)6(2)9(12)3-8(5)10/h3H,4H2,1-2H3. The normalized spacial score (nSPS) is 11.8. The van der Waals surface area contributed by atoms with Gasteiger partial charge in [-0.3, -0.25) is 0 Å². The van der Waals surface area contributed by atoms with Gasteiger partial charge in [-0.15, -0.1) is 0 Å². The molecule has 1 aromatic carbocycles. The van der Waals surface area contributed by atoms with Gasteiger partial charge in [0.15, 0.2) is 0 Å². The lowest BCUT2D eigenvalue weighted by Crippen LogP contribution is -2.03. The minimum atomic E-state index is -3.71. The average Bonchev–Trinajstić information content (AvgIpc) is 2.08. The van der Waals surface area contributed by atoms with E-state index in [2.05, 4.69) is 0 Å². The van der Waals surface area contributed by atoms with E-state index in [0.717, 1.165) is 6.07 Å². The van der Waals surface area contributed by atoms with Crippen LogP contribution in [0.3, 0.4) is 0 Å². The van der Waals surface area contributed by atoms with Crippen LogP contribution in [-0.2, 0) is 14.8 Å². The Morgan fingerprint density at radius 1 is 1.33 bits per heavy atom. The summed E-state index contributed by atoms with van der Waals surface area (Å²) in [4.78, 5) is 0. The Hall–Kier alpha value is -0.320. The van der Waals surface area contributed by atoms with Crippen molar-refractivity contribution in [2.24, 2.45) is 0 Å². The second kappa shape index (κ2) is 4.28. The number of benzene rings is 1. The smallest absolute Gasteiger partial charge is 0.212 e. The molecule has 0 aliphatic rings. The van der Waals surface area contributed by atoms with Crippen LogP contribution in [0.2, 0.25) is 5.02 Å². The molecule has 6 heteroatoms. The van der Waals surface area contributed by atoms with Crippen molar-refractivity contribution in [3.05, 3.63) is 33.6 Å². The highest BCUT2D eigenvalue weighted by Crippen LogP contribution is 2.27. The van der Waals surface area contributed by atoms with E-state index in [0.29, 0.717) is 11.1 Å². The number of rotatable bonds is 2. The Morgan fingerprint density at radius 3 is 2.33 bits per heavy atom. The van der Waals surface area contributed by atoms with E-state index in [4.69, 9.17) is 22.3 Å². The third-order valence-corrected chi connectivity index (χ3v) is 3.55. The van der Waals surface area contributed by atoms with Gasteiger partial charge in [-0.2, -0.15) is 0 Å². The number of hydrogen-bond acceptors (Lipinski definition) is 2. The molecule has 0 aliphatic carbocycles. The third-order valence-electron chi connectivity index (χ3n) is 2.19. The predicted molar refractivity (Wildman–Crippen MR) is 59.4 cm³/mol. The van der Waals surface area contributed by atoms with Crippen molar-refractivity contribution in [2.75, 3.05) is 0 Å². The highest BCUT2D eigenvalue weighted by atomic mass is 35.7. The Kier molecular flexibility index (Phi) is 3.63. The second-order valence-corrected chi connectivity index (χ2v) is 6.44. The first-order valence-corrected chi connectivity index (χ1v) is 6.94. The topological polar surface area (TPSA) is 34.1 Å². The van der Waals surface area contributed by atoms with Crippen LogP contribution in [0.1, 0.15) is 16.7 Å². The zero-order valence-electron chi connectivity index (χ0n) is 8.14. The monoisotopic (exact) mass is 270 g/mol. The largest absolute Gasteiger partial charge is 0.236 e. The van der Waals surface area contributed by atoms with Crippen molar-refractivity contribution >= 4 is 31.3 Å². The zero-order chi connectivity index (χ0) is 11.8. The van der Waals surface area contributed by atoms with Gasteiger partial charge in [-0.05, 0) is 36.6 Å². The van der Waals surface area contributed by atoms with Crippen LogP contribution < -0.4 is 0 Å². The molecule has 0 N–H and O–H groups in total. The summed E-state index contributed by atoms with van der Waals surface area (Å²) < 4.78 is 35.1. The molecule has 0 amide bonds. The minimum absolute atomic E-state index is 0.202. The fraction of sp³-hybridized carbons (Fsp3) is 0.333. The maximum Gasteiger partial charge on any atom is 0.236 e. The van der Waals surface area contributed by atoms with E-state index in [1.807, 2.05) is 0 Å². The molecule has 15 heavy (non-hydrogen) atoms. The zero-order valence-corrected chi connectivity index (χ0v) is 10.5. The van der Waals surface area contributed by atoms with Gasteiger partial charge in [0.2, 0.25) is 9.05 Å². The molecular weight excluding hydrogens is 262 g/mol. The van der Waals surface area contributed by atoms with Crippen LogP contribution in [0.5, 0.6) is 0 Å². The lowest BCUT2D eigenvalue weighted by atomic mass is 10.0. The summed E-state index contributed by atoms with van der Waals surface area (Å²) in [5.74, 6) is -0.940. The summed E-state index contributed by atoms with van der Waals surface area (Å²) in [6.07, 6.45) is 0. The molecule has 1 aromatic rings. The molecule has 1 rings (SSSR count). The number of hydrogen-bond donors (Lipinski definition) is 0. The molecule has 0 atom stereocenters. The van der Waals surface area contributed by atoms with Crippen LogP contribution in [0, 0.1) is 19.7 Å². The van der Waals surface area contributed by atoms with Gasteiger partial charge in [0, 0.05) is 15.7 Å². The van der Waals surface area contributed by atoms with Gasteiger partial charge in [0.1, 0.15) is 5.82 Å². The molecule has 84 valence electrons. The van der Waals surface area contributed by atoms with Crippen molar-refractivity contribution in [1.82, 2.24) is 0 Å². The summed E-state index contributed by atoms with van der Waals surface area (Å²) in [6.45, 7) is 3.13. The Balaban J connectivity index is 3.40. The summed E-state index contributed by atoms with van der Waals surface area (Å²) in [5, 5.41) is 0.202. The Labute approximate surface area is 97.4 Å². The van der Waals surface area contributed by atoms with E-state index < -0.39 is 20.6 Å². The molecule has 0 fully saturated rings. The van der Waals surface area contributed by atoms with E-state index in [1.54, 1.807) is 6.92 Å². The summed E-state index contributed by atoms with van der Waals surface area (Å²) >= 11 is 5.74. The first-order chi connectivity index (χ1) is 6.72. The van der Waals surface area contributed by atoms with Gasteiger partial charge in [0.25, 0.3) is 0 Å². The van der Waals surface area contributed by atoms with Gasteiger partial charge < -0.3 is 0 Å². The lowest BCUT2D eigenvalue weighted by molar-refractivity contribution is 0.605. The minimum Gasteiger partial charge on any atom is -0.212 e. The van der Waals surface area contributed by atoms with Gasteiger partial charge in [-0.1, -0.05) is 11.6 Å². The predicted octanol–water partition coefficient (Wildman–Crippen LogP) is 3.16. The summed E-state index contributed by atoms with van der Waals surface area (Å²) in [7, 11) is 1.41. The van der Waals surface area contributed by atoms with Crippen LogP contribution in [-0.4, -0.2) is 8.42 Å². The highest BCUT2D eigenvalue weighted by Gasteiger charge is 2.16. The number of halogens is 3. The second-order valence-electron chi connectivity index (χ2n) is 3.25. The molecule has 0 heterocycles. The molecule has 0 spiro atoms. The first kappa shape index (κ1) is 12.7. The lowest BCUT2D eigenvalue weighted by Gasteiger charge is -2.10. The van der Waals surface area contributed by atoms with Crippen LogP contribution in [0.15, 0.2) is 6.07 Å². The Bertz CT molecular complexity index is 471. The van der Waals surface area contributed by atoms with Gasteiger partial charge >= 0.3 is 0 Å². The first-order valence-electron chi connectivity index (χ1n) is 4.09. The van der Waals surface area contributed by atoms with Crippen molar-refractivity contribution in [1.29, 1.82) is 0 Å². The molecule has 0 saturated carbocycles. The van der Waals surface area contributed by atoms with Crippen LogP contribution in [0.25, 0.3) is 0 Å². The van der Waals surface area contributed by atoms with Crippen molar-refractivity contribution in [2.45, 2.75) is 19.6 Å². The van der Waals surface area contributed by atoms with Crippen molar-refractivity contribution in [3.8, 4) is 0 Å².